The molecule has 0 amide bonds. The molecule has 4 aliphatic carbocycles. The van der Waals surface area contributed by atoms with Gasteiger partial charge in [-0.25, -0.2) is 0 Å². The zero-order chi connectivity index (χ0) is 36.1. The minimum atomic E-state index is -0.831. The van der Waals surface area contributed by atoms with Crippen LogP contribution in [0.2, 0.25) is 0 Å². The minimum Gasteiger partial charge on any atom is -0.496 e. The van der Waals surface area contributed by atoms with Crippen molar-refractivity contribution in [3.8, 4) is 11.5 Å². The van der Waals surface area contributed by atoms with Crippen LogP contribution in [0, 0.1) is 70.1 Å². The summed E-state index contributed by atoms with van der Waals surface area (Å²) in [4.78, 5) is 2.97. The van der Waals surface area contributed by atoms with Crippen molar-refractivity contribution in [2.75, 3.05) is 14.2 Å². The van der Waals surface area contributed by atoms with E-state index >= 15 is 0 Å². The number of hydrogen-bond donors (Lipinski definition) is 0. The normalized spacial score (nSPS) is 26.6. The number of methoxy groups -OCH3 is 2. The zero-order valence-electron chi connectivity index (χ0n) is 32.2. The van der Waals surface area contributed by atoms with Crippen LogP contribution >= 0.6 is 27.2 Å². The van der Waals surface area contributed by atoms with Crippen molar-refractivity contribution in [3.63, 3.8) is 0 Å². The van der Waals surface area contributed by atoms with Gasteiger partial charge in [0, 0.05) is 26.0 Å². The SMILES string of the molecule is COc1c(C)cc(P(C2=C(c3c(C)sc(C)c3P(C3=CC(C)CC=C3)c3ccccc3)C3(C)CC4C2[C@@]43C)c2cc(C)c(OC)c(C)c2)cc1C. The number of aryl methyl sites for hydroxylation is 6. The van der Waals surface area contributed by atoms with E-state index in [0.29, 0.717) is 17.3 Å². The molecule has 5 unspecified atom stereocenters. The molecule has 0 spiro atoms. The number of thiophene rings is 1. The first kappa shape index (κ1) is 35.1. The fourth-order valence-corrected chi connectivity index (χ4v) is 18.2. The number of ether oxygens (including phenoxy) is 2. The summed E-state index contributed by atoms with van der Waals surface area (Å²) in [5.41, 5.74) is 8.63. The van der Waals surface area contributed by atoms with Gasteiger partial charge in [0.25, 0.3) is 0 Å². The second kappa shape index (κ2) is 12.6. The molecule has 6 atom stereocenters. The lowest BCUT2D eigenvalue weighted by Gasteiger charge is -2.48. The molecule has 4 aliphatic rings. The van der Waals surface area contributed by atoms with Gasteiger partial charge in [-0.15, -0.1) is 11.3 Å². The van der Waals surface area contributed by atoms with Crippen molar-refractivity contribution in [1.29, 1.82) is 0 Å². The first-order valence-electron chi connectivity index (χ1n) is 18.5. The van der Waals surface area contributed by atoms with Crippen LogP contribution in [-0.4, -0.2) is 14.2 Å². The maximum absolute atomic E-state index is 5.93. The lowest BCUT2D eigenvalue weighted by atomic mass is 9.57. The van der Waals surface area contributed by atoms with Gasteiger partial charge in [-0.05, 0) is 172 Å². The Hall–Kier alpha value is -2.96. The van der Waals surface area contributed by atoms with Crippen molar-refractivity contribution >= 4 is 54.0 Å². The van der Waals surface area contributed by atoms with Gasteiger partial charge in [0.1, 0.15) is 11.5 Å². The summed E-state index contributed by atoms with van der Waals surface area (Å²) in [5, 5.41) is 9.20. The van der Waals surface area contributed by atoms with E-state index < -0.39 is 15.8 Å². The maximum Gasteiger partial charge on any atom is 0.124 e. The van der Waals surface area contributed by atoms with Gasteiger partial charge >= 0.3 is 0 Å². The van der Waals surface area contributed by atoms with Gasteiger partial charge in [-0.3, -0.25) is 0 Å². The highest BCUT2D eigenvalue weighted by molar-refractivity contribution is 7.78. The summed E-state index contributed by atoms with van der Waals surface area (Å²) < 4.78 is 11.9. The molecule has 4 aromatic rings. The van der Waals surface area contributed by atoms with E-state index in [0.717, 1.165) is 23.8 Å². The Bertz CT molecular complexity index is 2070. The Morgan fingerprint density at radius 1 is 0.745 bits per heavy atom. The highest BCUT2D eigenvalue weighted by Gasteiger charge is 2.84. The van der Waals surface area contributed by atoms with E-state index in [9.17, 15) is 0 Å². The second-order valence-electron chi connectivity index (χ2n) is 16.0. The largest absolute Gasteiger partial charge is 0.496 e. The molecule has 8 rings (SSSR count). The third-order valence-electron chi connectivity index (χ3n) is 12.9. The standard InChI is InChI=1S/C46H52O2P2S/c1-26-16-15-19-34(20-26)49(33-17-13-12-14-18-33)43-32(7)51-31(6)38(43)40-44(39-37-25-45(40,8)46(37,39)9)50(35-21-27(2)41(47-10)28(3)22-35)36-23-29(4)42(48-11)30(5)24-36/h12-15,17-24,26,37,39H,16,25H2,1-11H3/t26?,37?,39?,45?,46-,49?/m1/s1. The molecule has 0 radical (unpaired) electrons. The topological polar surface area (TPSA) is 18.5 Å². The molecule has 264 valence electrons. The molecule has 0 aliphatic heterocycles. The first-order valence-corrected chi connectivity index (χ1v) is 22.0. The van der Waals surface area contributed by atoms with Crippen LogP contribution in [0.15, 0.2) is 83.5 Å². The Balaban J connectivity index is 1.45. The molecule has 0 N–H and O–H groups in total. The van der Waals surface area contributed by atoms with E-state index in [2.05, 4.69) is 135 Å². The summed E-state index contributed by atoms with van der Waals surface area (Å²) >= 11 is 2.03. The molecular weight excluding hydrogens is 679 g/mol. The molecule has 1 heterocycles. The third kappa shape index (κ3) is 5.08. The second-order valence-corrected chi connectivity index (χ2v) is 21.8. The van der Waals surface area contributed by atoms with E-state index in [-0.39, 0.29) is 5.41 Å². The summed E-state index contributed by atoms with van der Waals surface area (Å²) in [6, 6.07) is 21.2. The molecular formula is C46H52O2P2S. The van der Waals surface area contributed by atoms with Crippen molar-refractivity contribution in [2.24, 2.45) is 28.6 Å². The van der Waals surface area contributed by atoms with Crippen LogP contribution in [0.3, 0.4) is 0 Å². The van der Waals surface area contributed by atoms with Gasteiger partial charge in [-0.1, -0.05) is 69.3 Å². The molecule has 2 saturated carbocycles. The lowest BCUT2D eigenvalue weighted by Crippen LogP contribution is -2.39. The summed E-state index contributed by atoms with van der Waals surface area (Å²) in [6.45, 7) is 21.4. The fraction of sp³-hybridized carbons (Fsp3) is 0.391. The van der Waals surface area contributed by atoms with Crippen LogP contribution in [0.4, 0.5) is 0 Å². The number of benzene rings is 3. The van der Waals surface area contributed by atoms with Crippen molar-refractivity contribution in [1.82, 2.24) is 0 Å². The molecule has 0 bridgehead atoms. The monoisotopic (exact) mass is 730 g/mol. The molecule has 1 aromatic heterocycles. The lowest BCUT2D eigenvalue weighted by molar-refractivity contribution is 0.122. The van der Waals surface area contributed by atoms with Crippen molar-refractivity contribution < 1.29 is 9.47 Å². The fourth-order valence-electron chi connectivity index (χ4n) is 10.5. The van der Waals surface area contributed by atoms with Crippen LogP contribution in [0.1, 0.15) is 71.2 Å². The number of rotatable bonds is 9. The predicted molar refractivity (Wildman–Crippen MR) is 223 cm³/mol. The Morgan fingerprint density at radius 2 is 1.31 bits per heavy atom. The highest BCUT2D eigenvalue weighted by atomic mass is 32.1. The molecule has 5 heteroatoms. The molecule has 2 fully saturated rings. The van der Waals surface area contributed by atoms with E-state index in [1.165, 1.54) is 59.7 Å². The summed E-state index contributed by atoms with van der Waals surface area (Å²) in [7, 11) is 2.05. The Labute approximate surface area is 312 Å². The minimum absolute atomic E-state index is 0.153. The van der Waals surface area contributed by atoms with Gasteiger partial charge < -0.3 is 9.47 Å². The van der Waals surface area contributed by atoms with Crippen LogP contribution in [0.5, 0.6) is 11.5 Å². The van der Waals surface area contributed by atoms with Gasteiger partial charge in [0.15, 0.2) is 0 Å². The van der Waals surface area contributed by atoms with Gasteiger partial charge in [-0.2, -0.15) is 0 Å². The summed E-state index contributed by atoms with van der Waals surface area (Å²) in [5.74, 6) is 3.95. The highest BCUT2D eigenvalue weighted by Crippen LogP contribution is 2.93. The van der Waals surface area contributed by atoms with Crippen molar-refractivity contribution in [2.45, 2.75) is 75.2 Å². The zero-order valence-corrected chi connectivity index (χ0v) is 34.8. The van der Waals surface area contributed by atoms with Gasteiger partial charge in [0.05, 0.1) is 14.2 Å². The predicted octanol–water partition coefficient (Wildman–Crippen LogP) is 11.0. The smallest absolute Gasteiger partial charge is 0.124 e. The van der Waals surface area contributed by atoms with E-state index in [4.69, 9.17) is 9.47 Å². The number of allylic oxidation sites excluding steroid dienone is 6. The van der Waals surface area contributed by atoms with Crippen LogP contribution < -0.4 is 30.7 Å². The first-order chi connectivity index (χ1) is 24.3. The molecule has 51 heavy (non-hydrogen) atoms. The van der Waals surface area contributed by atoms with E-state index in [1.54, 1.807) is 21.8 Å². The Kier molecular flexibility index (Phi) is 8.65. The van der Waals surface area contributed by atoms with Crippen molar-refractivity contribution in [3.05, 3.63) is 121 Å². The quantitative estimate of drug-likeness (QED) is 0.160. The van der Waals surface area contributed by atoms with Gasteiger partial charge in [0.2, 0.25) is 0 Å². The average Bonchev–Trinajstić information content (AvgIpc) is 3.38. The number of hydrogen-bond acceptors (Lipinski definition) is 3. The third-order valence-corrected chi connectivity index (χ3v) is 19.3. The van der Waals surface area contributed by atoms with Crippen LogP contribution in [0.25, 0.3) is 5.57 Å². The van der Waals surface area contributed by atoms with Crippen LogP contribution in [-0.2, 0) is 0 Å². The summed E-state index contributed by atoms with van der Waals surface area (Å²) in [6.07, 6.45) is 9.88. The van der Waals surface area contributed by atoms with E-state index in [1.807, 2.05) is 25.6 Å². The molecule has 3 aromatic carbocycles. The Morgan fingerprint density at radius 3 is 1.84 bits per heavy atom. The molecule has 2 nitrogen and oxygen atoms in total. The maximum atomic E-state index is 5.93. The average molecular weight is 731 g/mol. The molecule has 0 saturated heterocycles. The number of fused-ring (bicyclic) bond motifs is 1.